The van der Waals surface area contributed by atoms with Crippen LogP contribution in [0.15, 0.2) is 28.2 Å². The summed E-state index contributed by atoms with van der Waals surface area (Å²) < 4.78 is 7.42. The Balaban J connectivity index is 0.00000288. The molecule has 0 atom stereocenters. The predicted molar refractivity (Wildman–Crippen MR) is 106 cm³/mol. The van der Waals surface area contributed by atoms with E-state index in [1.807, 2.05) is 17.1 Å². The maximum Gasteiger partial charge on any atom is 0.191 e. The first kappa shape index (κ1) is 20.5. The van der Waals surface area contributed by atoms with Crippen molar-refractivity contribution in [2.45, 2.75) is 46.7 Å². The smallest absolute Gasteiger partial charge is 0.191 e. The number of halogens is 1. The lowest BCUT2D eigenvalue weighted by atomic mass is 10.1. The van der Waals surface area contributed by atoms with Crippen LogP contribution in [0, 0.1) is 0 Å². The highest BCUT2D eigenvalue weighted by Crippen LogP contribution is 2.16. The van der Waals surface area contributed by atoms with E-state index >= 15 is 0 Å². The Morgan fingerprint density at radius 2 is 2.08 bits per heavy atom. The highest BCUT2D eigenvalue weighted by Gasteiger charge is 2.12. The van der Waals surface area contributed by atoms with Crippen LogP contribution in [-0.2, 0) is 25.9 Å². The lowest BCUT2D eigenvalue weighted by molar-refractivity contribution is 0.380. The Bertz CT molecular complexity index is 587. The average Bonchev–Trinajstić information content (AvgIpc) is 3.21. The molecule has 0 bridgehead atoms. The fourth-order valence-electron chi connectivity index (χ4n) is 2.34. The molecule has 0 aromatic carbocycles. The van der Waals surface area contributed by atoms with Gasteiger partial charge in [0.05, 0.1) is 18.6 Å². The summed E-state index contributed by atoms with van der Waals surface area (Å²) in [6, 6.07) is 0. The Hall–Kier alpha value is -1.58. The van der Waals surface area contributed by atoms with Gasteiger partial charge in [-0.15, -0.1) is 24.0 Å². The van der Waals surface area contributed by atoms with E-state index in [2.05, 4.69) is 46.5 Å². The summed E-state index contributed by atoms with van der Waals surface area (Å²) in [7, 11) is 0. The van der Waals surface area contributed by atoms with Crippen LogP contribution in [0.2, 0.25) is 0 Å². The van der Waals surface area contributed by atoms with Crippen LogP contribution in [0.25, 0.3) is 0 Å². The van der Waals surface area contributed by atoms with Crippen LogP contribution in [0.4, 0.5) is 0 Å². The lowest BCUT2D eigenvalue weighted by Crippen LogP contribution is -2.38. The summed E-state index contributed by atoms with van der Waals surface area (Å²) in [5.41, 5.74) is 2.11. The zero-order valence-electron chi connectivity index (χ0n) is 14.6. The van der Waals surface area contributed by atoms with E-state index in [4.69, 9.17) is 4.52 Å². The van der Waals surface area contributed by atoms with E-state index in [0.29, 0.717) is 6.54 Å². The van der Waals surface area contributed by atoms with Crippen LogP contribution >= 0.6 is 24.0 Å². The molecule has 24 heavy (non-hydrogen) atoms. The monoisotopic (exact) mass is 446 g/mol. The molecule has 2 aromatic rings. The molecule has 2 heterocycles. The molecule has 0 aliphatic heterocycles. The van der Waals surface area contributed by atoms with Crippen molar-refractivity contribution >= 4 is 29.9 Å². The van der Waals surface area contributed by atoms with E-state index in [1.54, 1.807) is 6.20 Å². The molecular weight excluding hydrogens is 419 g/mol. The molecule has 0 amide bonds. The van der Waals surface area contributed by atoms with Crippen LogP contribution in [0.3, 0.4) is 0 Å². The normalized spacial score (nSPS) is 11.2. The van der Waals surface area contributed by atoms with Gasteiger partial charge in [-0.05, 0) is 13.3 Å². The molecule has 2 rings (SSSR count). The van der Waals surface area contributed by atoms with Crippen molar-refractivity contribution in [3.63, 3.8) is 0 Å². The number of imidazole rings is 1. The van der Waals surface area contributed by atoms with Gasteiger partial charge in [-0.2, -0.15) is 0 Å². The summed E-state index contributed by atoms with van der Waals surface area (Å²) in [5.74, 6) is 1.73. The quantitative estimate of drug-likeness (QED) is 0.370. The minimum absolute atomic E-state index is 0. The van der Waals surface area contributed by atoms with Crippen molar-refractivity contribution < 1.29 is 4.52 Å². The van der Waals surface area contributed by atoms with Crippen molar-refractivity contribution in [1.29, 1.82) is 0 Å². The van der Waals surface area contributed by atoms with Gasteiger partial charge in [-0.25, -0.2) is 9.98 Å². The molecule has 2 aromatic heterocycles. The Morgan fingerprint density at radius 3 is 2.71 bits per heavy atom. The number of aliphatic imine (C=N–C) groups is 1. The maximum absolute atomic E-state index is 5.39. The number of hydrogen-bond donors (Lipinski definition) is 2. The first-order valence-corrected chi connectivity index (χ1v) is 8.22. The van der Waals surface area contributed by atoms with E-state index in [1.165, 1.54) is 0 Å². The minimum Gasteiger partial charge on any atom is -0.361 e. The summed E-state index contributed by atoms with van der Waals surface area (Å²) >= 11 is 0. The third-order valence-electron chi connectivity index (χ3n) is 3.57. The van der Waals surface area contributed by atoms with Gasteiger partial charge < -0.3 is 19.7 Å². The minimum atomic E-state index is 0. The summed E-state index contributed by atoms with van der Waals surface area (Å²) in [6.07, 6.45) is 7.24. The van der Waals surface area contributed by atoms with Gasteiger partial charge in [0.25, 0.3) is 0 Å². The van der Waals surface area contributed by atoms with Crippen molar-refractivity contribution in [2.75, 3.05) is 13.1 Å². The number of aromatic nitrogens is 3. The third kappa shape index (κ3) is 5.81. The van der Waals surface area contributed by atoms with Crippen LogP contribution in [0.1, 0.15) is 37.8 Å². The fraction of sp³-hybridized carbons (Fsp3) is 0.562. The van der Waals surface area contributed by atoms with E-state index in [-0.39, 0.29) is 24.0 Å². The molecule has 0 saturated carbocycles. The first-order chi connectivity index (χ1) is 11.3. The van der Waals surface area contributed by atoms with Crippen molar-refractivity contribution in [2.24, 2.45) is 4.99 Å². The molecular formula is C16H27IN6O. The van der Waals surface area contributed by atoms with Crippen molar-refractivity contribution in [3.8, 4) is 0 Å². The summed E-state index contributed by atoms with van der Waals surface area (Å²) in [4.78, 5) is 8.70. The number of hydrogen-bond acceptors (Lipinski definition) is 4. The zero-order valence-corrected chi connectivity index (χ0v) is 16.9. The Labute approximate surface area is 160 Å². The molecule has 7 nitrogen and oxygen atoms in total. The molecule has 134 valence electrons. The van der Waals surface area contributed by atoms with Gasteiger partial charge in [0.2, 0.25) is 0 Å². The highest BCUT2D eigenvalue weighted by molar-refractivity contribution is 14.0. The lowest BCUT2D eigenvalue weighted by Gasteiger charge is -2.11. The number of aryl methyl sites for hydroxylation is 2. The molecule has 0 aliphatic rings. The molecule has 0 aliphatic carbocycles. The molecule has 0 saturated heterocycles. The van der Waals surface area contributed by atoms with Gasteiger partial charge in [-0.3, -0.25) is 0 Å². The van der Waals surface area contributed by atoms with Crippen LogP contribution < -0.4 is 10.6 Å². The number of rotatable bonds is 8. The Kier molecular flexibility index (Phi) is 9.43. The summed E-state index contributed by atoms with van der Waals surface area (Å²) in [6.45, 7) is 9.24. The topological polar surface area (TPSA) is 80.3 Å². The third-order valence-corrected chi connectivity index (χ3v) is 3.57. The highest BCUT2D eigenvalue weighted by atomic mass is 127. The Morgan fingerprint density at radius 1 is 1.25 bits per heavy atom. The van der Waals surface area contributed by atoms with E-state index in [9.17, 15) is 0 Å². The second-order valence-corrected chi connectivity index (χ2v) is 5.16. The second-order valence-electron chi connectivity index (χ2n) is 5.16. The molecule has 8 heteroatoms. The van der Waals surface area contributed by atoms with Gasteiger partial charge in [-0.1, -0.05) is 19.0 Å². The predicted octanol–water partition coefficient (Wildman–Crippen LogP) is 2.37. The first-order valence-electron chi connectivity index (χ1n) is 8.22. The van der Waals surface area contributed by atoms with Crippen LogP contribution in [0.5, 0.6) is 0 Å². The van der Waals surface area contributed by atoms with Gasteiger partial charge in [0, 0.05) is 44.0 Å². The molecule has 0 unspecified atom stereocenters. The van der Waals surface area contributed by atoms with E-state index in [0.717, 1.165) is 55.5 Å². The molecule has 2 N–H and O–H groups in total. The van der Waals surface area contributed by atoms with Crippen LogP contribution in [-0.4, -0.2) is 33.8 Å². The van der Waals surface area contributed by atoms with Crippen molar-refractivity contribution in [1.82, 2.24) is 25.3 Å². The maximum atomic E-state index is 5.39. The SMILES string of the molecule is CCNC(=NCc1c(CC)noc1CC)NCCn1ccnc1.I. The zero-order chi connectivity index (χ0) is 16.5. The van der Waals surface area contributed by atoms with E-state index < -0.39 is 0 Å². The average molecular weight is 446 g/mol. The molecule has 0 radical (unpaired) electrons. The number of guanidine groups is 1. The van der Waals surface area contributed by atoms with Gasteiger partial charge in [0.1, 0.15) is 5.76 Å². The summed E-state index contributed by atoms with van der Waals surface area (Å²) in [5, 5.41) is 10.7. The van der Waals surface area contributed by atoms with Gasteiger partial charge in [0.15, 0.2) is 5.96 Å². The number of nitrogens with zero attached hydrogens (tertiary/aromatic N) is 4. The second kappa shape index (κ2) is 11.1. The fourth-order valence-corrected chi connectivity index (χ4v) is 2.34. The molecule has 0 fully saturated rings. The number of nitrogens with one attached hydrogen (secondary N) is 2. The van der Waals surface area contributed by atoms with Gasteiger partial charge >= 0.3 is 0 Å². The molecule has 0 spiro atoms. The largest absolute Gasteiger partial charge is 0.361 e. The standard InChI is InChI=1S/C16H26N6O.HI/c1-4-14-13(15(5-2)23-21-14)11-20-16(18-6-3)19-8-10-22-9-7-17-12-22;/h7,9,12H,4-6,8,10-11H2,1-3H3,(H2,18,19,20);1H. The van der Waals surface area contributed by atoms with Crippen molar-refractivity contribution in [3.05, 3.63) is 35.7 Å².